The number of hydrazine groups is 3. The first-order valence-electron chi connectivity index (χ1n) is 35.0. The van der Waals surface area contributed by atoms with Crippen LogP contribution in [0.15, 0.2) is 116 Å². The van der Waals surface area contributed by atoms with E-state index in [0.717, 1.165) is 55.1 Å². The number of methoxy groups -OCH3 is 12. The van der Waals surface area contributed by atoms with Gasteiger partial charge in [-0.3, -0.25) is 36.9 Å². The predicted molar refractivity (Wildman–Crippen MR) is 499 cm³/mol. The summed E-state index contributed by atoms with van der Waals surface area (Å²) >= 11 is 33.6. The third-order valence-corrected chi connectivity index (χ3v) is 18.6. The largest absolute Gasteiger partial charge is 1.00 e. The summed E-state index contributed by atoms with van der Waals surface area (Å²) in [4.78, 5) is 34.3. The zero-order valence-corrected chi connectivity index (χ0v) is 88.1. The molecular formula is C75H110Br3K2N15O22S7. The van der Waals surface area contributed by atoms with Crippen LogP contribution in [0.1, 0.15) is 123 Å². The molecule has 8 aromatic rings. The van der Waals surface area contributed by atoms with Gasteiger partial charge in [0.2, 0.25) is 32.9 Å². The Bertz CT molecular complexity index is 4530. The minimum atomic E-state index is -3.89. The van der Waals surface area contributed by atoms with Gasteiger partial charge in [-0.05, 0) is 133 Å². The number of benzene rings is 6. The van der Waals surface area contributed by atoms with Crippen molar-refractivity contribution in [1.82, 2.24) is 50.7 Å². The molecule has 0 bridgehead atoms. The fraction of sp³-hybridized carbons (Fsp3) is 0.387. The van der Waals surface area contributed by atoms with Gasteiger partial charge in [-0.1, -0.05) is 161 Å². The number of nitrogens with zero attached hydrogens (tertiary/aromatic N) is 6. The molecule has 3 heterocycles. The van der Waals surface area contributed by atoms with Crippen LogP contribution in [0.2, 0.25) is 0 Å². The number of hydrogen-bond donors (Lipinski definition) is 11. The molecule has 0 fully saturated rings. The van der Waals surface area contributed by atoms with Crippen molar-refractivity contribution >= 4 is 163 Å². The SMILES string of the molecule is C.CCCCCCCC.CCCCNS(=O)(=O)OO.CCO.COc1cc(-c2n[nH]c(=S)n2N)cc(OC)c1OC.COc1cc(-c2nnc3n2N=C(c2ccc(Br)cc2)CS3)cc(OC)c1OC.COc1cc(C(=O)NN)cc(OC)c1OC.COc1cc(C(=O)NNC(=S)[S-])cc(OC)c1OC.NN.O.O=C(CBr)c1ccc(Br)cc1.S=C=S.[K+].[K+].[OH-]. The Morgan fingerprint density at radius 1 is 0.589 bits per heavy atom. The van der Waals surface area contributed by atoms with Gasteiger partial charge in [0.05, 0.1) is 96.4 Å². The number of ketones is 1. The summed E-state index contributed by atoms with van der Waals surface area (Å²) in [6, 6.07) is 28.6. The molecule has 2 amide bonds. The summed E-state index contributed by atoms with van der Waals surface area (Å²) in [6.07, 6.45) is 10.1. The van der Waals surface area contributed by atoms with E-state index in [4.69, 9.17) is 96.2 Å². The molecule has 0 aliphatic carbocycles. The van der Waals surface area contributed by atoms with Crippen molar-refractivity contribution < 1.29 is 208 Å². The monoisotopic (exact) mass is 2110 g/mol. The number of aromatic amines is 1. The number of aliphatic hydroxyl groups excluding tert-OH is 1. The average molecular weight is 2120 g/mol. The van der Waals surface area contributed by atoms with Crippen LogP contribution in [0.3, 0.4) is 0 Å². The standard InChI is InChI=1S/C19H17BrN4O3S.C11H14N4O3S.C11H14N2O4S2.C10H14N2O4.C8H6Br2O.C8H18.C4H11NO4S.C2H6O.CS2.CH4.2K.H4N2.2H2O/c1-25-15-8-12(9-16(26-2)17(15)27-3)18-21-22-19-24(18)23-14(10-28-19)11-4-6-13(20)7-5-11;1-16-7-4-6(5-8(17-2)9(7)18-3)10-13-14-11(19)15(10)12;1-15-7-4-6(10(14)12-13-11(18)19)5-8(16-2)9(7)17-3;1-14-7-4-6(10(13)12-11)5-8(15-2)9(7)16-3;9-5-8(11)6-1-3-7(10)4-2-6;1-3-5-7-8-6-4-2;1-2-3-4-5-10(7,8)9-6;1-2-3;2-1-3;;;;1-2;;/h4-9H,10H2,1-3H3;4-5H,12H2,1-3H3,(H,14,19);4-5H,1-3H3,(H,12,14)(H2,13,18,19);4-5H,11H2,1-3H3,(H,12,13);1-4H,5H2;3-8H2,1-2H3;5-6H,2-4H2,1H3;3H,2H2,1H3;;1H4;;;1-2H2;2*1H2/q;;;;;;;;;;2*+1;;;/p-2. The van der Waals surface area contributed by atoms with Crippen LogP contribution in [0.4, 0.5) is 0 Å². The quantitative estimate of drug-likeness (QED) is 0.00227. The van der Waals surface area contributed by atoms with Crippen LogP contribution in [0, 0.1) is 4.77 Å². The Morgan fingerprint density at radius 2 is 0.944 bits per heavy atom. The molecule has 9 rings (SSSR count). The fourth-order valence-corrected chi connectivity index (χ4v) is 11.6. The number of nitrogens with one attached hydrogen (secondary N) is 5. The number of H-pyrrole nitrogens is 1. The molecule has 0 unspecified atom stereocenters. The van der Waals surface area contributed by atoms with E-state index in [1.807, 2.05) is 69.9 Å². The summed E-state index contributed by atoms with van der Waals surface area (Å²) in [5, 5.41) is 36.5. The summed E-state index contributed by atoms with van der Waals surface area (Å²) in [6.45, 7) is 8.66. The van der Waals surface area contributed by atoms with E-state index in [1.165, 1.54) is 110 Å². The Morgan fingerprint density at radius 3 is 1.26 bits per heavy atom. The molecule has 682 valence electrons. The Kier molecular flexibility index (Phi) is 78.5. The third kappa shape index (κ3) is 45.6. The maximum absolute atomic E-state index is 11.9. The molecule has 0 saturated heterocycles. The second-order valence-corrected chi connectivity index (χ2v) is 29.1. The number of aliphatic hydroxyl groups is 1. The molecule has 0 spiro atoms. The van der Waals surface area contributed by atoms with E-state index < -0.39 is 22.1 Å². The van der Waals surface area contributed by atoms with Gasteiger partial charge >= 0.3 is 113 Å². The van der Waals surface area contributed by atoms with Crippen LogP contribution in [-0.4, -0.2) is 201 Å². The molecule has 49 heteroatoms. The smallest absolute Gasteiger partial charge is 0.870 e. The number of ether oxygens (including phenoxy) is 12. The molecule has 6 aromatic carbocycles. The van der Waals surface area contributed by atoms with Crippen molar-refractivity contribution in [3.05, 3.63) is 133 Å². The topological polar surface area (TPSA) is 536 Å². The minimum absolute atomic E-state index is 0. The number of nitrogens with two attached hydrogens (primary N) is 4. The van der Waals surface area contributed by atoms with E-state index in [-0.39, 0.29) is 138 Å². The molecule has 0 atom stereocenters. The van der Waals surface area contributed by atoms with Crippen molar-refractivity contribution in [3.8, 4) is 91.8 Å². The van der Waals surface area contributed by atoms with Crippen LogP contribution < -0.4 is 204 Å². The molecule has 124 heavy (non-hydrogen) atoms. The Balaban J connectivity index is -0.000000331. The third-order valence-electron chi connectivity index (χ3n) is 14.8. The maximum atomic E-state index is 11.9. The molecule has 1 aliphatic heterocycles. The van der Waals surface area contributed by atoms with Gasteiger partial charge in [0.1, 0.15) is 0 Å². The number of halogens is 3. The van der Waals surface area contributed by atoms with Crippen molar-refractivity contribution in [2.45, 2.75) is 91.6 Å². The zero-order chi connectivity index (χ0) is 90.2. The van der Waals surface area contributed by atoms with Crippen molar-refractivity contribution in [1.29, 1.82) is 0 Å². The number of rotatable bonds is 29. The summed E-state index contributed by atoms with van der Waals surface area (Å²) in [5.74, 6) is 25.5. The number of aromatic nitrogens is 6. The van der Waals surface area contributed by atoms with Gasteiger partial charge in [-0.25, -0.2) is 20.9 Å². The van der Waals surface area contributed by atoms with Crippen molar-refractivity contribution in [2.75, 3.05) is 115 Å². The number of thioether (sulfide) groups is 1. The van der Waals surface area contributed by atoms with Gasteiger partial charge in [0.15, 0.2) is 63.4 Å². The average Bonchev–Trinajstić information content (AvgIpc) is 1.64. The number of thiocarbonyl (C=S) groups is 3. The molecule has 1 aliphatic rings. The number of fused-ring (bicyclic) bond motifs is 1. The Hall–Kier alpha value is -5.52. The first-order chi connectivity index (χ1) is 57.1. The van der Waals surface area contributed by atoms with Gasteiger partial charge in [-0.2, -0.15) is 28.0 Å². The van der Waals surface area contributed by atoms with E-state index in [1.54, 1.807) is 90.3 Å². The number of unbranched alkanes of at least 4 members (excludes halogenated alkanes) is 6. The van der Waals surface area contributed by atoms with Crippen molar-refractivity contribution in [2.24, 2.45) is 22.6 Å². The summed E-state index contributed by atoms with van der Waals surface area (Å²) < 4.78 is 95.9. The van der Waals surface area contributed by atoms with Crippen molar-refractivity contribution in [3.63, 3.8) is 0 Å². The van der Waals surface area contributed by atoms with Gasteiger partial charge in [0, 0.05) is 60.0 Å². The zero-order valence-electron chi connectivity index (χ0n) is 71.4. The van der Waals surface area contributed by atoms with Gasteiger partial charge in [0.25, 0.3) is 11.8 Å². The number of Topliss-reactive ketones (excluding diaryl/α,β-unsaturated/α-hetero) is 1. The molecule has 0 saturated carbocycles. The minimum Gasteiger partial charge on any atom is -0.870 e. The summed E-state index contributed by atoms with van der Waals surface area (Å²) in [5.41, 5.74) is 11.6. The van der Waals surface area contributed by atoms with Crippen LogP contribution in [-0.2, 0) is 27.3 Å². The fourth-order valence-electron chi connectivity index (χ4n) is 9.27. The predicted octanol–water partition coefficient (Wildman–Crippen LogP) is 6.52. The number of carbonyl (C=O) groups is 3. The van der Waals surface area contributed by atoms with Crippen LogP contribution in [0.5, 0.6) is 69.0 Å². The van der Waals surface area contributed by atoms with E-state index in [0.29, 0.717) is 114 Å². The first-order valence-corrected chi connectivity index (χ1v) is 42.2. The van der Waals surface area contributed by atoms with Gasteiger partial charge in [-0.15, -0.1) is 10.2 Å². The van der Waals surface area contributed by atoms with Crippen LogP contribution >= 0.6 is 108 Å². The number of alkyl halides is 1. The Labute approximate surface area is 865 Å². The van der Waals surface area contributed by atoms with Crippen LogP contribution in [0.25, 0.3) is 22.8 Å². The molecular weight excluding hydrogens is 2010 g/mol. The molecule has 2 aromatic heterocycles. The molecule has 18 N–H and O–H groups in total. The number of amides is 2. The second kappa shape index (κ2) is 75.3. The molecule has 0 radical (unpaired) electrons. The normalized spacial score (nSPS) is 9.85. The second-order valence-electron chi connectivity index (χ2n) is 22.3. The van der Waals surface area contributed by atoms with E-state index in [2.05, 4.69) is 158 Å². The van der Waals surface area contributed by atoms with E-state index >= 15 is 0 Å². The number of hydrogen-bond acceptors (Lipinski definition) is 35. The van der Waals surface area contributed by atoms with Gasteiger partial charge < -0.3 is 109 Å². The first kappa shape index (κ1) is 129. The van der Waals surface area contributed by atoms with E-state index in [9.17, 15) is 22.8 Å². The summed E-state index contributed by atoms with van der Waals surface area (Å²) in [7, 11) is 14.3. The number of nitrogen functional groups attached to an aromatic ring is 2. The maximum Gasteiger partial charge on any atom is 1.00 e. The molecule has 37 nitrogen and oxygen atoms in total. The number of carbonyl (C=O) groups excluding carboxylic acids is 3.